The molecule has 9 heteroatoms. The van der Waals surface area contributed by atoms with Gasteiger partial charge in [0.1, 0.15) is 41.3 Å². The normalized spacial score (nSPS) is 13.3. The van der Waals surface area contributed by atoms with Crippen molar-refractivity contribution in [1.82, 2.24) is 0 Å². The molecule has 5 aromatic rings. The van der Waals surface area contributed by atoms with Crippen LogP contribution in [0.15, 0.2) is 109 Å². The molecule has 0 saturated carbocycles. The number of ether oxygens (including phenoxy) is 5. The zero-order valence-electron chi connectivity index (χ0n) is 33.7. The van der Waals surface area contributed by atoms with Gasteiger partial charge >= 0.3 is 5.97 Å². The van der Waals surface area contributed by atoms with Crippen LogP contribution in [0.4, 0.5) is 0 Å². The number of rotatable bonds is 15. The van der Waals surface area contributed by atoms with E-state index in [0.717, 1.165) is 5.56 Å². The van der Waals surface area contributed by atoms with Crippen LogP contribution in [0.1, 0.15) is 67.8 Å². The number of carbonyl (C=O) groups is 1. The average molecular weight is 763 g/mol. The molecule has 0 amide bonds. The number of fused-ring (bicyclic) bond motifs is 1. The number of benzene rings is 5. The Kier molecular flexibility index (Phi) is 13.1. The highest BCUT2D eigenvalue weighted by molar-refractivity contribution is 6.99. The van der Waals surface area contributed by atoms with Crippen LogP contribution in [0.2, 0.25) is 5.04 Å². The van der Waals surface area contributed by atoms with Crippen LogP contribution in [0.25, 0.3) is 10.8 Å². The molecule has 0 aliphatic heterocycles. The molecule has 0 bridgehead atoms. The fourth-order valence-electron chi connectivity index (χ4n) is 7.63. The summed E-state index contributed by atoms with van der Waals surface area (Å²) in [7, 11) is 3.10. The quantitative estimate of drug-likeness (QED) is 0.0644. The number of hydrogen-bond donors (Lipinski definition) is 1. The number of hydrogen-bond acceptors (Lipinski definition) is 8. The molecule has 5 rings (SSSR count). The topological polar surface area (TPSA) is 92.7 Å². The minimum Gasteiger partial charge on any atom is -0.496 e. The van der Waals surface area contributed by atoms with Gasteiger partial charge in [-0.05, 0) is 52.4 Å². The number of esters is 1. The fourth-order valence-corrected chi connectivity index (χ4v) is 12.3. The average Bonchev–Trinajstić information content (AvgIpc) is 3.19. The Labute approximate surface area is 326 Å². The molecule has 0 radical (unpaired) electrons. The van der Waals surface area contributed by atoms with Crippen LogP contribution in [-0.2, 0) is 15.8 Å². The molecule has 0 fully saturated rings. The largest absolute Gasteiger partial charge is 0.496 e. The molecule has 8 nitrogen and oxygen atoms in total. The second-order valence-electron chi connectivity index (χ2n) is 14.8. The van der Waals surface area contributed by atoms with Gasteiger partial charge in [0.2, 0.25) is 0 Å². The zero-order chi connectivity index (χ0) is 39.9. The molecule has 0 aliphatic carbocycles. The minimum atomic E-state index is -2.79. The first kappa shape index (κ1) is 41.1. The molecule has 5 aromatic carbocycles. The van der Waals surface area contributed by atoms with Crippen molar-refractivity contribution < 1.29 is 38.0 Å². The molecule has 55 heavy (non-hydrogen) atoms. The lowest BCUT2D eigenvalue weighted by Gasteiger charge is -2.43. The van der Waals surface area contributed by atoms with E-state index >= 15 is 0 Å². The van der Waals surface area contributed by atoms with Gasteiger partial charge in [-0.1, -0.05) is 125 Å². The Morgan fingerprint density at radius 3 is 1.82 bits per heavy atom. The van der Waals surface area contributed by atoms with E-state index in [2.05, 4.69) is 82.3 Å². The fraction of sp³-hybridized carbons (Fsp3) is 0.326. The molecule has 0 unspecified atom stereocenters. The highest BCUT2D eigenvalue weighted by Crippen LogP contribution is 2.52. The van der Waals surface area contributed by atoms with Gasteiger partial charge in [-0.2, -0.15) is 0 Å². The maximum absolute atomic E-state index is 13.1. The Morgan fingerprint density at radius 1 is 0.782 bits per heavy atom. The Balaban J connectivity index is 1.63. The number of aliphatic hydroxyl groups excluding tert-OH is 1. The van der Waals surface area contributed by atoms with Crippen LogP contribution in [-0.4, -0.2) is 54.4 Å². The summed E-state index contributed by atoms with van der Waals surface area (Å²) in [5.41, 5.74) is 2.88. The predicted octanol–water partition coefficient (Wildman–Crippen LogP) is 8.73. The predicted molar refractivity (Wildman–Crippen MR) is 222 cm³/mol. The van der Waals surface area contributed by atoms with Crippen molar-refractivity contribution in [3.63, 3.8) is 0 Å². The van der Waals surface area contributed by atoms with E-state index in [-0.39, 0.29) is 28.9 Å². The van der Waals surface area contributed by atoms with E-state index < -0.39 is 20.4 Å². The van der Waals surface area contributed by atoms with E-state index in [1.54, 1.807) is 13.2 Å². The first-order valence-electron chi connectivity index (χ1n) is 18.5. The van der Waals surface area contributed by atoms with Crippen molar-refractivity contribution in [2.75, 3.05) is 35.0 Å². The van der Waals surface area contributed by atoms with E-state index in [9.17, 15) is 9.90 Å². The molecule has 0 saturated heterocycles. The monoisotopic (exact) mass is 762 g/mol. The summed E-state index contributed by atoms with van der Waals surface area (Å²) in [5, 5.41) is 15.6. The minimum absolute atomic E-state index is 0.0782. The standard InChI is InChI=1S/C46H54O8Si/c1-30(28-54-55(46(4,5)6,34-22-16-12-17-23-34)35-24-18-13-19-25-35)26-31(2)41(47)39-38-37(49-7)27-36(45(48)52-10)44(51-9)40(38)43(32(3)42(39)50-8)53-29-33-20-14-11-15-21-33/h11-27,30,41,47H,28-29H2,1-10H3/b31-26+/t30-,41+/m0/s1. The second kappa shape index (κ2) is 17.6. The van der Waals surface area contributed by atoms with Gasteiger partial charge in [0.05, 0.1) is 33.8 Å². The maximum Gasteiger partial charge on any atom is 0.341 e. The lowest BCUT2D eigenvalue weighted by Crippen LogP contribution is -2.66. The van der Waals surface area contributed by atoms with Crippen LogP contribution in [0.3, 0.4) is 0 Å². The van der Waals surface area contributed by atoms with Gasteiger partial charge in [-0.3, -0.25) is 0 Å². The molecule has 1 N–H and O–H groups in total. The van der Waals surface area contributed by atoms with Crippen molar-refractivity contribution in [2.45, 2.75) is 59.3 Å². The van der Waals surface area contributed by atoms with Crippen molar-refractivity contribution in [3.05, 3.63) is 131 Å². The zero-order valence-corrected chi connectivity index (χ0v) is 34.7. The summed E-state index contributed by atoms with van der Waals surface area (Å²) in [5.74, 6) is 0.736. The third-order valence-electron chi connectivity index (χ3n) is 10.2. The lowest BCUT2D eigenvalue weighted by atomic mass is 9.89. The third kappa shape index (κ3) is 8.15. The molecule has 0 aliphatic rings. The molecular formula is C46H54O8Si. The maximum atomic E-state index is 13.1. The van der Waals surface area contributed by atoms with Crippen LogP contribution >= 0.6 is 0 Å². The van der Waals surface area contributed by atoms with Crippen LogP contribution in [0, 0.1) is 12.8 Å². The number of methoxy groups -OCH3 is 4. The van der Waals surface area contributed by atoms with Gasteiger partial charge in [0.15, 0.2) is 0 Å². The van der Waals surface area contributed by atoms with E-state index in [4.69, 9.17) is 28.1 Å². The third-order valence-corrected chi connectivity index (χ3v) is 15.2. The molecule has 0 aromatic heterocycles. The molecule has 2 atom stereocenters. The first-order valence-corrected chi connectivity index (χ1v) is 20.4. The van der Waals surface area contributed by atoms with E-state index in [1.807, 2.05) is 56.3 Å². The van der Waals surface area contributed by atoms with Gasteiger partial charge in [-0.15, -0.1) is 0 Å². The summed E-state index contributed by atoms with van der Waals surface area (Å²) in [4.78, 5) is 13.1. The molecule has 0 spiro atoms. The van der Waals surface area contributed by atoms with Gasteiger partial charge in [0, 0.05) is 23.1 Å². The molecular weight excluding hydrogens is 709 g/mol. The van der Waals surface area contributed by atoms with Crippen molar-refractivity contribution in [3.8, 4) is 23.0 Å². The molecule has 0 heterocycles. The van der Waals surface area contributed by atoms with E-state index in [0.29, 0.717) is 51.3 Å². The van der Waals surface area contributed by atoms with E-state index in [1.165, 1.54) is 31.7 Å². The summed E-state index contributed by atoms with van der Waals surface area (Å²) in [6.45, 7) is 13.3. The summed E-state index contributed by atoms with van der Waals surface area (Å²) in [6.07, 6.45) is 0.910. The first-order chi connectivity index (χ1) is 26.3. The van der Waals surface area contributed by atoms with Crippen molar-refractivity contribution >= 4 is 35.4 Å². The van der Waals surface area contributed by atoms with Gasteiger partial charge in [-0.25, -0.2) is 4.79 Å². The highest BCUT2D eigenvalue weighted by atomic mass is 28.4. The Bertz CT molecular complexity index is 2070. The summed E-state index contributed by atoms with van der Waals surface area (Å²) < 4.78 is 36.9. The van der Waals surface area contributed by atoms with Crippen LogP contribution < -0.4 is 29.3 Å². The summed E-state index contributed by atoms with van der Waals surface area (Å²) >= 11 is 0. The summed E-state index contributed by atoms with van der Waals surface area (Å²) in [6, 6.07) is 32.4. The van der Waals surface area contributed by atoms with Crippen LogP contribution in [0.5, 0.6) is 23.0 Å². The van der Waals surface area contributed by atoms with Gasteiger partial charge < -0.3 is 33.2 Å². The number of carbonyl (C=O) groups excluding carboxylic acids is 1. The van der Waals surface area contributed by atoms with Gasteiger partial charge in [0.25, 0.3) is 8.32 Å². The SMILES string of the molecule is COC(=O)c1cc(OC)c2c([C@H](O)/C(C)=C/[C@H](C)CO[Si](c3ccccc3)(c3ccccc3)C(C)(C)C)c(OC)c(C)c(OCc3ccccc3)c2c1OC. The number of aliphatic hydroxyl groups is 1. The molecule has 290 valence electrons. The Morgan fingerprint density at radius 2 is 1.33 bits per heavy atom. The highest BCUT2D eigenvalue weighted by Gasteiger charge is 2.50. The smallest absolute Gasteiger partial charge is 0.341 e. The lowest BCUT2D eigenvalue weighted by molar-refractivity contribution is 0.0597. The Hall–Kier alpha value is -5.09. The van der Waals surface area contributed by atoms with Crippen molar-refractivity contribution in [1.29, 1.82) is 0 Å². The van der Waals surface area contributed by atoms with Crippen molar-refractivity contribution in [2.24, 2.45) is 5.92 Å². The second-order valence-corrected chi connectivity index (χ2v) is 19.1.